The average molecular weight is 941 g/mol. The summed E-state index contributed by atoms with van der Waals surface area (Å²) in [5, 5.41) is 0. The van der Waals surface area contributed by atoms with E-state index in [4.69, 9.17) is 14.2 Å². The maximum Gasteiger partial charge on any atom is 0.306 e. The van der Waals surface area contributed by atoms with Crippen molar-refractivity contribution >= 4 is 17.9 Å². The van der Waals surface area contributed by atoms with Crippen LogP contribution in [0.2, 0.25) is 0 Å². The predicted molar refractivity (Wildman–Crippen MR) is 297 cm³/mol. The molecule has 1 unspecified atom stereocenters. The van der Waals surface area contributed by atoms with Crippen LogP contribution in [-0.4, -0.2) is 37.2 Å². The fourth-order valence-electron chi connectivity index (χ4n) is 5.81. The van der Waals surface area contributed by atoms with Crippen LogP contribution in [0.4, 0.5) is 0 Å². The Bertz CT molecular complexity index is 1790. The molecule has 0 aliphatic carbocycles. The van der Waals surface area contributed by atoms with Gasteiger partial charge >= 0.3 is 17.9 Å². The predicted octanol–water partition coefficient (Wildman–Crippen LogP) is 17.3. The van der Waals surface area contributed by atoms with Crippen LogP contribution in [0.25, 0.3) is 0 Å². The Morgan fingerprint density at radius 1 is 0.304 bits per heavy atom. The third-order valence-corrected chi connectivity index (χ3v) is 9.57. The molecule has 0 radical (unpaired) electrons. The highest BCUT2D eigenvalue weighted by molar-refractivity contribution is 5.71. The van der Waals surface area contributed by atoms with E-state index in [9.17, 15) is 14.4 Å². The Morgan fingerprint density at radius 3 is 1.01 bits per heavy atom. The summed E-state index contributed by atoms with van der Waals surface area (Å²) in [6.45, 7) is 6.05. The van der Waals surface area contributed by atoms with E-state index in [1.54, 1.807) is 0 Å². The first kappa shape index (κ1) is 63.0. The summed E-state index contributed by atoms with van der Waals surface area (Å²) in [5.74, 6) is -1.15. The van der Waals surface area contributed by atoms with E-state index in [1.165, 1.54) is 0 Å². The highest BCUT2D eigenvalue weighted by Gasteiger charge is 2.19. The lowest BCUT2D eigenvalue weighted by atomic mass is 10.1. The SMILES string of the molecule is CC\C=C/C=C\C=C/C=C\C=C/CCCCCC(=O)OCC(COC(=O)CC/C=C\C/C=C\C/C=C\C/C=C\C/C=C\C/C=C\CC)OC(=O)CCCCC\C=C/C=C/C=C\C=C/C=C\C=C/CC. The summed E-state index contributed by atoms with van der Waals surface area (Å²) >= 11 is 0. The summed E-state index contributed by atoms with van der Waals surface area (Å²) in [5.41, 5.74) is 0. The first-order chi connectivity index (χ1) is 34.0. The topological polar surface area (TPSA) is 78.9 Å². The number of esters is 3. The van der Waals surface area contributed by atoms with Crippen molar-refractivity contribution in [1.82, 2.24) is 0 Å². The number of unbranched alkanes of at least 4 members (excludes halogenated alkanes) is 6. The molecule has 0 aliphatic rings. The van der Waals surface area contributed by atoms with Gasteiger partial charge in [0.2, 0.25) is 0 Å². The van der Waals surface area contributed by atoms with Crippen molar-refractivity contribution in [1.29, 1.82) is 0 Å². The molecule has 0 heterocycles. The summed E-state index contributed by atoms with van der Waals surface area (Å²) in [6, 6.07) is 0. The molecule has 0 bridgehead atoms. The largest absolute Gasteiger partial charge is 0.462 e. The maximum absolute atomic E-state index is 12.8. The second kappa shape index (κ2) is 54.6. The van der Waals surface area contributed by atoms with Crippen LogP contribution in [0.15, 0.2) is 207 Å². The minimum absolute atomic E-state index is 0.156. The van der Waals surface area contributed by atoms with Gasteiger partial charge in [-0.3, -0.25) is 14.4 Å². The normalized spacial score (nSPS) is 13.8. The Morgan fingerprint density at radius 2 is 0.623 bits per heavy atom. The fraction of sp³-hybridized carbons (Fsp3) is 0.413. The second-order valence-electron chi connectivity index (χ2n) is 15.9. The van der Waals surface area contributed by atoms with Gasteiger partial charge < -0.3 is 14.2 Å². The van der Waals surface area contributed by atoms with E-state index in [0.29, 0.717) is 19.3 Å². The standard InChI is InChI=1S/C63H88O6/c1-4-7-10-13-16-19-22-25-28-30-31-33-35-38-41-44-47-50-53-56-62(65)68-59-60(58-67-61(64)55-52-49-46-43-40-37-34-27-24-21-18-15-12-9-6-3)69-63(66)57-54-51-48-45-42-39-36-32-29-26-23-20-17-14-11-8-5-2/h7-12,14-21,23-29,31-34,36-42,47,50,60H,4-6,13,22,30,35,43-46,48-49,51-59H2,1-3H3/b10-7-,11-8-,12-9-,17-14-,18-15-,19-16-,23-20-,24-21-,28-25-,29-26-,33-31-,34-27-,36-32+,40-37-,41-38-,42-39-,50-47-. The Kier molecular flexibility index (Phi) is 49.8. The molecule has 0 aromatic rings. The summed E-state index contributed by atoms with van der Waals surface area (Å²) in [7, 11) is 0. The maximum atomic E-state index is 12.8. The molecule has 1 atom stereocenters. The van der Waals surface area contributed by atoms with E-state index >= 15 is 0 Å². The number of hydrogen-bond acceptors (Lipinski definition) is 6. The molecular formula is C63H88O6. The van der Waals surface area contributed by atoms with Crippen molar-refractivity contribution in [2.45, 2.75) is 155 Å². The van der Waals surface area contributed by atoms with E-state index in [0.717, 1.165) is 89.9 Å². The van der Waals surface area contributed by atoms with Gasteiger partial charge in [-0.25, -0.2) is 0 Å². The van der Waals surface area contributed by atoms with E-state index in [1.807, 2.05) is 122 Å². The molecule has 0 spiro atoms. The molecule has 69 heavy (non-hydrogen) atoms. The van der Waals surface area contributed by atoms with Gasteiger partial charge in [0.25, 0.3) is 0 Å². The van der Waals surface area contributed by atoms with Gasteiger partial charge in [-0.2, -0.15) is 0 Å². The second-order valence-corrected chi connectivity index (χ2v) is 15.9. The molecule has 0 aromatic carbocycles. The van der Waals surface area contributed by atoms with Crippen molar-refractivity contribution in [3.05, 3.63) is 207 Å². The van der Waals surface area contributed by atoms with Crippen molar-refractivity contribution in [3.63, 3.8) is 0 Å². The molecule has 0 aromatic heterocycles. The van der Waals surface area contributed by atoms with Crippen LogP contribution >= 0.6 is 0 Å². The zero-order valence-electron chi connectivity index (χ0n) is 42.7. The van der Waals surface area contributed by atoms with Crippen molar-refractivity contribution in [2.75, 3.05) is 13.2 Å². The molecule has 0 saturated carbocycles. The smallest absolute Gasteiger partial charge is 0.306 e. The van der Waals surface area contributed by atoms with Crippen LogP contribution in [0, 0.1) is 0 Å². The number of rotatable bonds is 42. The summed E-state index contributed by atoms with van der Waals surface area (Å²) in [4.78, 5) is 38.0. The monoisotopic (exact) mass is 941 g/mol. The molecule has 6 nitrogen and oxygen atoms in total. The Hall–Kier alpha value is -6.01. The van der Waals surface area contributed by atoms with E-state index in [-0.39, 0.29) is 38.4 Å². The average Bonchev–Trinajstić information content (AvgIpc) is 3.35. The minimum atomic E-state index is -0.864. The van der Waals surface area contributed by atoms with Crippen LogP contribution in [0.3, 0.4) is 0 Å². The zero-order valence-corrected chi connectivity index (χ0v) is 42.7. The summed E-state index contributed by atoms with van der Waals surface area (Å²) < 4.78 is 16.6. The number of carbonyl (C=O) groups is 3. The molecular weight excluding hydrogens is 853 g/mol. The summed E-state index contributed by atoms with van der Waals surface area (Å²) in [6.07, 6.45) is 85.3. The van der Waals surface area contributed by atoms with Crippen molar-refractivity contribution in [3.8, 4) is 0 Å². The fourth-order valence-corrected chi connectivity index (χ4v) is 5.81. The third-order valence-electron chi connectivity index (χ3n) is 9.57. The molecule has 376 valence electrons. The number of hydrogen-bond donors (Lipinski definition) is 0. The van der Waals surface area contributed by atoms with Crippen molar-refractivity contribution < 1.29 is 28.6 Å². The van der Waals surface area contributed by atoms with Gasteiger partial charge in [0.1, 0.15) is 13.2 Å². The quantitative estimate of drug-likeness (QED) is 0.0199. The van der Waals surface area contributed by atoms with Crippen LogP contribution in [0.1, 0.15) is 149 Å². The number of ether oxygens (including phenoxy) is 3. The lowest BCUT2D eigenvalue weighted by Gasteiger charge is -2.18. The minimum Gasteiger partial charge on any atom is -0.462 e. The highest BCUT2D eigenvalue weighted by Crippen LogP contribution is 2.10. The van der Waals surface area contributed by atoms with Gasteiger partial charge in [0.15, 0.2) is 6.10 Å². The van der Waals surface area contributed by atoms with Crippen LogP contribution in [-0.2, 0) is 28.6 Å². The molecule has 6 heteroatoms. The van der Waals surface area contributed by atoms with Gasteiger partial charge in [-0.15, -0.1) is 0 Å². The van der Waals surface area contributed by atoms with Crippen LogP contribution in [0.5, 0.6) is 0 Å². The molecule has 0 amide bonds. The molecule has 0 saturated heterocycles. The molecule has 0 rings (SSSR count). The first-order valence-corrected chi connectivity index (χ1v) is 25.7. The van der Waals surface area contributed by atoms with Crippen LogP contribution < -0.4 is 0 Å². The molecule has 0 N–H and O–H groups in total. The number of carbonyl (C=O) groups excluding carboxylic acids is 3. The third kappa shape index (κ3) is 52.8. The van der Waals surface area contributed by atoms with Crippen molar-refractivity contribution in [2.24, 2.45) is 0 Å². The van der Waals surface area contributed by atoms with E-state index < -0.39 is 18.0 Å². The Balaban J connectivity index is 4.73. The Labute approximate surface area is 419 Å². The molecule has 0 aliphatic heterocycles. The van der Waals surface area contributed by atoms with Gasteiger partial charge in [0, 0.05) is 19.3 Å². The number of allylic oxidation sites excluding steroid dienone is 34. The lowest BCUT2D eigenvalue weighted by molar-refractivity contribution is -0.166. The van der Waals surface area contributed by atoms with E-state index in [2.05, 4.69) is 106 Å². The van der Waals surface area contributed by atoms with Gasteiger partial charge in [0.05, 0.1) is 0 Å². The van der Waals surface area contributed by atoms with Gasteiger partial charge in [-0.1, -0.05) is 240 Å². The lowest BCUT2D eigenvalue weighted by Crippen LogP contribution is -2.30. The molecule has 0 fully saturated rings. The first-order valence-electron chi connectivity index (χ1n) is 25.7. The highest BCUT2D eigenvalue weighted by atomic mass is 16.6. The van der Waals surface area contributed by atoms with Gasteiger partial charge in [-0.05, 0) is 96.3 Å². The zero-order chi connectivity index (χ0) is 50.0.